The molecule has 3 rings (SSSR count). The van der Waals surface area contributed by atoms with Crippen LogP contribution in [0.5, 0.6) is 0 Å². The first kappa shape index (κ1) is 13.2. The molecule has 2 aromatic rings. The third-order valence-electron chi connectivity index (χ3n) is 3.44. The summed E-state index contributed by atoms with van der Waals surface area (Å²) in [5.74, 6) is 0. The first-order valence-electron chi connectivity index (χ1n) is 6.68. The minimum Gasteiger partial charge on any atom is -0.394 e. The lowest BCUT2D eigenvalue weighted by molar-refractivity contribution is -0.0553. The number of nitrogens with zero attached hydrogens (tertiary/aromatic N) is 3. The smallest absolute Gasteiger partial charge is 0.258 e. The van der Waals surface area contributed by atoms with Crippen LogP contribution in [0, 0.1) is 0 Å². The Balaban J connectivity index is 1.82. The van der Waals surface area contributed by atoms with E-state index in [0.29, 0.717) is 25.3 Å². The van der Waals surface area contributed by atoms with E-state index in [0.717, 1.165) is 12.2 Å². The lowest BCUT2D eigenvalue weighted by atomic mass is 10.2. The molecule has 0 saturated carbocycles. The van der Waals surface area contributed by atoms with Crippen LogP contribution in [0.4, 0.5) is 0 Å². The molecule has 2 aromatic heterocycles. The fourth-order valence-electron chi connectivity index (χ4n) is 2.45. The van der Waals surface area contributed by atoms with Crippen LogP contribution in [0.1, 0.15) is 5.69 Å². The maximum absolute atomic E-state index is 12.0. The van der Waals surface area contributed by atoms with Gasteiger partial charge in [-0.25, -0.2) is 4.98 Å². The summed E-state index contributed by atoms with van der Waals surface area (Å²) in [6.07, 6.45) is 1.57. The standard InChI is InChI=1S/C14H17N3O3/c18-10-12-9-16(5-6-20-12)8-11-7-14(19)17-4-2-1-3-13(17)15-11/h1-4,7,12,18H,5-6,8-10H2. The van der Waals surface area contributed by atoms with Crippen molar-refractivity contribution in [2.24, 2.45) is 0 Å². The predicted octanol–water partition coefficient (Wildman–Crippen LogP) is -0.112. The maximum atomic E-state index is 12.0. The fraction of sp³-hybridized carbons (Fsp3) is 0.429. The van der Waals surface area contributed by atoms with Gasteiger partial charge in [0, 0.05) is 31.9 Å². The monoisotopic (exact) mass is 275 g/mol. The van der Waals surface area contributed by atoms with Crippen molar-refractivity contribution in [3.05, 3.63) is 46.5 Å². The Bertz CT molecular complexity index is 655. The van der Waals surface area contributed by atoms with Gasteiger partial charge in [0.05, 0.1) is 25.0 Å². The van der Waals surface area contributed by atoms with Crippen molar-refractivity contribution >= 4 is 5.65 Å². The zero-order chi connectivity index (χ0) is 13.9. The third-order valence-corrected chi connectivity index (χ3v) is 3.44. The summed E-state index contributed by atoms with van der Waals surface area (Å²) in [6.45, 7) is 2.65. The number of rotatable bonds is 3. The van der Waals surface area contributed by atoms with E-state index in [4.69, 9.17) is 9.84 Å². The van der Waals surface area contributed by atoms with Crippen LogP contribution in [0.25, 0.3) is 5.65 Å². The Morgan fingerprint density at radius 1 is 1.45 bits per heavy atom. The van der Waals surface area contributed by atoms with Crippen molar-refractivity contribution in [3.63, 3.8) is 0 Å². The summed E-state index contributed by atoms with van der Waals surface area (Å²) < 4.78 is 6.94. The van der Waals surface area contributed by atoms with E-state index in [2.05, 4.69) is 9.88 Å². The zero-order valence-electron chi connectivity index (χ0n) is 11.1. The van der Waals surface area contributed by atoms with Crippen molar-refractivity contribution in [1.29, 1.82) is 0 Å². The van der Waals surface area contributed by atoms with Gasteiger partial charge >= 0.3 is 0 Å². The van der Waals surface area contributed by atoms with Gasteiger partial charge in [0.25, 0.3) is 5.56 Å². The van der Waals surface area contributed by atoms with Crippen molar-refractivity contribution in [2.45, 2.75) is 12.6 Å². The highest BCUT2D eigenvalue weighted by Crippen LogP contribution is 2.09. The van der Waals surface area contributed by atoms with Crippen molar-refractivity contribution in [2.75, 3.05) is 26.3 Å². The van der Waals surface area contributed by atoms with Crippen LogP contribution in [-0.4, -0.2) is 51.8 Å². The van der Waals surface area contributed by atoms with Crippen LogP contribution in [0.3, 0.4) is 0 Å². The number of aliphatic hydroxyl groups is 1. The molecule has 0 bridgehead atoms. The highest BCUT2D eigenvalue weighted by molar-refractivity contribution is 5.37. The largest absolute Gasteiger partial charge is 0.394 e. The topological polar surface area (TPSA) is 67.1 Å². The molecule has 1 N–H and O–H groups in total. The van der Waals surface area contributed by atoms with Gasteiger partial charge in [0.1, 0.15) is 5.65 Å². The summed E-state index contributed by atoms with van der Waals surface area (Å²) in [7, 11) is 0. The zero-order valence-corrected chi connectivity index (χ0v) is 11.1. The normalized spacial score (nSPS) is 20.4. The Kier molecular flexibility index (Phi) is 3.77. The molecule has 1 atom stereocenters. The second-order valence-corrected chi connectivity index (χ2v) is 4.93. The van der Waals surface area contributed by atoms with Crippen molar-refractivity contribution in [1.82, 2.24) is 14.3 Å². The van der Waals surface area contributed by atoms with E-state index in [1.165, 1.54) is 4.40 Å². The minimum atomic E-state index is -0.148. The van der Waals surface area contributed by atoms with Gasteiger partial charge in [-0.05, 0) is 12.1 Å². The quantitative estimate of drug-likeness (QED) is 0.846. The van der Waals surface area contributed by atoms with Gasteiger partial charge in [-0.15, -0.1) is 0 Å². The summed E-state index contributed by atoms with van der Waals surface area (Å²) in [4.78, 5) is 18.6. The molecule has 6 nitrogen and oxygen atoms in total. The Labute approximate surface area is 116 Å². The number of hydrogen-bond acceptors (Lipinski definition) is 5. The van der Waals surface area contributed by atoms with Gasteiger partial charge in [-0.1, -0.05) is 6.07 Å². The molecule has 0 aromatic carbocycles. The summed E-state index contributed by atoms with van der Waals surface area (Å²) >= 11 is 0. The molecule has 106 valence electrons. The predicted molar refractivity (Wildman–Crippen MR) is 73.6 cm³/mol. The Morgan fingerprint density at radius 2 is 2.35 bits per heavy atom. The molecule has 20 heavy (non-hydrogen) atoms. The molecule has 1 aliphatic heterocycles. The number of aliphatic hydroxyl groups excluding tert-OH is 1. The van der Waals surface area contributed by atoms with E-state index in [1.807, 2.05) is 18.2 Å². The summed E-state index contributed by atoms with van der Waals surface area (Å²) in [5.41, 5.74) is 1.33. The molecule has 1 unspecified atom stereocenters. The fourth-order valence-corrected chi connectivity index (χ4v) is 2.45. The second-order valence-electron chi connectivity index (χ2n) is 4.93. The van der Waals surface area contributed by atoms with E-state index in [1.54, 1.807) is 12.3 Å². The SMILES string of the molecule is O=c1cc(CN2CCOC(CO)C2)nc2ccccn12. The van der Waals surface area contributed by atoms with Gasteiger partial charge in [-0.3, -0.25) is 14.1 Å². The van der Waals surface area contributed by atoms with E-state index in [9.17, 15) is 4.79 Å². The molecular weight excluding hydrogens is 258 g/mol. The van der Waals surface area contributed by atoms with Gasteiger partial charge < -0.3 is 9.84 Å². The third kappa shape index (κ3) is 2.72. The van der Waals surface area contributed by atoms with Gasteiger partial charge in [0.2, 0.25) is 0 Å². The van der Waals surface area contributed by atoms with Crippen LogP contribution < -0.4 is 5.56 Å². The Morgan fingerprint density at radius 3 is 3.20 bits per heavy atom. The highest BCUT2D eigenvalue weighted by atomic mass is 16.5. The highest BCUT2D eigenvalue weighted by Gasteiger charge is 2.20. The van der Waals surface area contributed by atoms with Crippen molar-refractivity contribution < 1.29 is 9.84 Å². The molecular formula is C14H17N3O3. The summed E-state index contributed by atoms with van der Waals surface area (Å²) in [5, 5.41) is 9.14. The van der Waals surface area contributed by atoms with Gasteiger partial charge in [0.15, 0.2) is 0 Å². The first-order chi connectivity index (χ1) is 9.76. The van der Waals surface area contributed by atoms with Crippen LogP contribution in [0.15, 0.2) is 35.3 Å². The first-order valence-corrected chi connectivity index (χ1v) is 6.68. The molecule has 6 heteroatoms. The average Bonchev–Trinajstić information content (AvgIpc) is 2.47. The number of morpholine rings is 1. The maximum Gasteiger partial charge on any atom is 0.258 e. The lowest BCUT2D eigenvalue weighted by Crippen LogP contribution is -2.43. The second kappa shape index (κ2) is 5.70. The number of hydrogen-bond donors (Lipinski definition) is 1. The summed E-state index contributed by atoms with van der Waals surface area (Å²) in [6, 6.07) is 7.06. The van der Waals surface area contributed by atoms with E-state index >= 15 is 0 Å². The van der Waals surface area contributed by atoms with Crippen LogP contribution >= 0.6 is 0 Å². The number of fused-ring (bicyclic) bond motifs is 1. The molecule has 0 spiro atoms. The minimum absolute atomic E-state index is 0.0182. The van der Waals surface area contributed by atoms with Crippen molar-refractivity contribution in [3.8, 4) is 0 Å². The molecule has 3 heterocycles. The Hall–Kier alpha value is -1.76. The van der Waals surface area contributed by atoms with Crippen LogP contribution in [-0.2, 0) is 11.3 Å². The number of pyridine rings is 1. The van der Waals surface area contributed by atoms with Gasteiger partial charge in [-0.2, -0.15) is 0 Å². The average molecular weight is 275 g/mol. The van der Waals surface area contributed by atoms with Crippen LogP contribution in [0.2, 0.25) is 0 Å². The number of aromatic nitrogens is 2. The molecule has 0 aliphatic carbocycles. The molecule has 0 amide bonds. The lowest BCUT2D eigenvalue weighted by Gasteiger charge is -2.31. The molecule has 1 aliphatic rings. The van der Waals surface area contributed by atoms with E-state index in [-0.39, 0.29) is 18.3 Å². The van der Waals surface area contributed by atoms with E-state index < -0.39 is 0 Å². The molecule has 0 radical (unpaired) electrons. The molecule has 1 fully saturated rings. The molecule has 1 saturated heterocycles. The number of ether oxygens (including phenoxy) is 1.